The molecule has 2 amide bonds. The number of hydrogen-bond acceptors (Lipinski definition) is 3. The van der Waals surface area contributed by atoms with E-state index in [4.69, 9.17) is 0 Å². The molecule has 1 N–H and O–H groups in total. The van der Waals surface area contributed by atoms with Crippen LogP contribution in [0.3, 0.4) is 0 Å². The zero-order chi connectivity index (χ0) is 23.8. The fourth-order valence-corrected chi connectivity index (χ4v) is 3.75. The van der Waals surface area contributed by atoms with Crippen LogP contribution in [-0.2, 0) is 24.3 Å². The predicted octanol–water partition coefficient (Wildman–Crippen LogP) is 5.10. The first-order valence-electron chi connectivity index (χ1n) is 11.3. The predicted molar refractivity (Wildman–Crippen MR) is 134 cm³/mol. The lowest BCUT2D eigenvalue weighted by Crippen LogP contribution is -2.31. The first-order valence-corrected chi connectivity index (χ1v) is 11.3. The van der Waals surface area contributed by atoms with Crippen LogP contribution in [0.25, 0.3) is 0 Å². The minimum absolute atomic E-state index is 0.0511. The number of carbonyl (C=O) groups is 2. The second-order valence-corrected chi connectivity index (χ2v) is 8.17. The third-order valence-corrected chi connectivity index (χ3v) is 5.66. The first kappa shape index (κ1) is 22.9. The van der Waals surface area contributed by atoms with Crippen LogP contribution in [0.1, 0.15) is 32.6 Å². The van der Waals surface area contributed by atoms with E-state index in [-0.39, 0.29) is 18.2 Å². The van der Waals surface area contributed by atoms with Gasteiger partial charge < -0.3 is 10.2 Å². The van der Waals surface area contributed by atoms with Gasteiger partial charge >= 0.3 is 0 Å². The number of pyridine rings is 1. The number of anilines is 1. The minimum atomic E-state index is -0.0540. The number of aryl methyl sites for hydroxylation is 1. The highest BCUT2D eigenvalue weighted by Gasteiger charge is 2.20. The van der Waals surface area contributed by atoms with E-state index in [9.17, 15) is 9.59 Å². The Balaban J connectivity index is 1.49. The van der Waals surface area contributed by atoms with Gasteiger partial charge in [0, 0.05) is 30.2 Å². The average molecular weight is 450 g/mol. The zero-order valence-electron chi connectivity index (χ0n) is 19.1. The van der Waals surface area contributed by atoms with Crippen molar-refractivity contribution in [2.24, 2.45) is 0 Å². The van der Waals surface area contributed by atoms with Gasteiger partial charge in [-0.25, -0.2) is 0 Å². The summed E-state index contributed by atoms with van der Waals surface area (Å²) in [5.74, 6) is -0.105. The van der Waals surface area contributed by atoms with E-state index in [2.05, 4.69) is 10.3 Å². The second-order valence-electron chi connectivity index (χ2n) is 8.17. The highest BCUT2D eigenvalue weighted by atomic mass is 16.2. The van der Waals surface area contributed by atoms with E-state index in [1.54, 1.807) is 17.3 Å². The number of benzene rings is 3. The SMILES string of the molecule is Cc1ccccc1C(=O)N(Cc1ccccc1)c1ccc(CC(=O)NCc2ccncc2)cc1. The Morgan fingerprint density at radius 2 is 1.44 bits per heavy atom. The minimum Gasteiger partial charge on any atom is -0.352 e. The Bertz CT molecular complexity index is 1240. The van der Waals surface area contributed by atoms with Crippen molar-refractivity contribution in [1.29, 1.82) is 0 Å². The van der Waals surface area contributed by atoms with E-state index < -0.39 is 0 Å². The van der Waals surface area contributed by atoms with Crippen LogP contribution in [0, 0.1) is 6.92 Å². The smallest absolute Gasteiger partial charge is 0.258 e. The van der Waals surface area contributed by atoms with Crippen molar-refractivity contribution < 1.29 is 9.59 Å². The summed E-state index contributed by atoms with van der Waals surface area (Å²) in [5, 5.41) is 2.93. The van der Waals surface area contributed by atoms with Crippen LogP contribution in [0.15, 0.2) is 103 Å². The maximum Gasteiger partial charge on any atom is 0.258 e. The van der Waals surface area contributed by atoms with Crippen LogP contribution < -0.4 is 10.2 Å². The summed E-state index contributed by atoms with van der Waals surface area (Å²) in [6, 6.07) is 28.9. The monoisotopic (exact) mass is 449 g/mol. The normalized spacial score (nSPS) is 10.5. The third kappa shape index (κ3) is 5.95. The molecule has 0 fully saturated rings. The Morgan fingerprint density at radius 1 is 0.765 bits per heavy atom. The number of nitrogens with one attached hydrogen (secondary N) is 1. The molecule has 4 rings (SSSR count). The van der Waals surface area contributed by atoms with Gasteiger partial charge in [0.15, 0.2) is 0 Å². The van der Waals surface area contributed by atoms with Gasteiger partial charge in [0.25, 0.3) is 5.91 Å². The molecule has 170 valence electrons. The molecule has 0 saturated heterocycles. The quantitative estimate of drug-likeness (QED) is 0.407. The molecule has 34 heavy (non-hydrogen) atoms. The van der Waals surface area contributed by atoms with Gasteiger partial charge in [-0.1, -0.05) is 60.7 Å². The van der Waals surface area contributed by atoms with Crippen molar-refractivity contribution >= 4 is 17.5 Å². The molecule has 0 saturated carbocycles. The number of carbonyl (C=O) groups excluding carboxylic acids is 2. The highest BCUT2D eigenvalue weighted by Crippen LogP contribution is 2.22. The first-order chi connectivity index (χ1) is 16.6. The van der Waals surface area contributed by atoms with Crippen LogP contribution in [0.5, 0.6) is 0 Å². The maximum absolute atomic E-state index is 13.5. The van der Waals surface area contributed by atoms with Gasteiger partial charge in [0.05, 0.1) is 13.0 Å². The largest absolute Gasteiger partial charge is 0.352 e. The Labute approximate surface area is 200 Å². The summed E-state index contributed by atoms with van der Waals surface area (Å²) in [5.41, 5.74) is 5.34. The van der Waals surface area contributed by atoms with Crippen molar-refractivity contribution in [3.8, 4) is 0 Å². The van der Waals surface area contributed by atoms with E-state index in [0.717, 1.165) is 27.9 Å². The van der Waals surface area contributed by atoms with Crippen molar-refractivity contribution in [1.82, 2.24) is 10.3 Å². The van der Waals surface area contributed by atoms with Gasteiger partial charge in [0.1, 0.15) is 0 Å². The molecule has 0 aliphatic rings. The lowest BCUT2D eigenvalue weighted by molar-refractivity contribution is -0.120. The average Bonchev–Trinajstić information content (AvgIpc) is 2.88. The Kier molecular flexibility index (Phi) is 7.45. The molecular formula is C29H27N3O2. The van der Waals surface area contributed by atoms with Crippen LogP contribution >= 0.6 is 0 Å². The van der Waals surface area contributed by atoms with Crippen molar-refractivity contribution in [3.63, 3.8) is 0 Å². The van der Waals surface area contributed by atoms with E-state index >= 15 is 0 Å². The molecule has 5 nitrogen and oxygen atoms in total. The summed E-state index contributed by atoms with van der Waals surface area (Å²) in [4.78, 5) is 31.7. The van der Waals surface area contributed by atoms with Crippen molar-refractivity contribution in [2.45, 2.75) is 26.4 Å². The van der Waals surface area contributed by atoms with Crippen LogP contribution in [0.2, 0.25) is 0 Å². The number of aromatic nitrogens is 1. The number of nitrogens with zero attached hydrogens (tertiary/aromatic N) is 2. The van der Waals surface area contributed by atoms with E-state index in [1.165, 1.54) is 0 Å². The van der Waals surface area contributed by atoms with Crippen LogP contribution in [-0.4, -0.2) is 16.8 Å². The number of amides is 2. The molecule has 0 unspecified atom stereocenters. The van der Waals surface area contributed by atoms with Gasteiger partial charge in [-0.15, -0.1) is 0 Å². The second kappa shape index (κ2) is 11.1. The van der Waals surface area contributed by atoms with Crippen molar-refractivity contribution in [2.75, 3.05) is 4.90 Å². The molecule has 5 heteroatoms. The lowest BCUT2D eigenvalue weighted by Gasteiger charge is -2.24. The topological polar surface area (TPSA) is 62.3 Å². The molecule has 1 aromatic heterocycles. The van der Waals surface area contributed by atoms with E-state index in [1.807, 2.05) is 97.9 Å². The Hall–Kier alpha value is -4.25. The maximum atomic E-state index is 13.5. The molecule has 0 spiro atoms. The summed E-state index contributed by atoms with van der Waals surface area (Å²) < 4.78 is 0. The fourth-order valence-electron chi connectivity index (χ4n) is 3.75. The molecule has 0 atom stereocenters. The van der Waals surface area contributed by atoms with Gasteiger partial charge in [-0.2, -0.15) is 0 Å². The molecule has 4 aromatic rings. The lowest BCUT2D eigenvalue weighted by atomic mass is 10.1. The van der Waals surface area contributed by atoms with Gasteiger partial charge in [-0.05, 0) is 59.5 Å². The summed E-state index contributed by atoms with van der Waals surface area (Å²) >= 11 is 0. The molecule has 1 heterocycles. The molecule has 0 bridgehead atoms. The zero-order valence-corrected chi connectivity index (χ0v) is 19.1. The summed E-state index contributed by atoms with van der Waals surface area (Å²) in [7, 11) is 0. The third-order valence-electron chi connectivity index (χ3n) is 5.66. The molecule has 0 aliphatic heterocycles. The Morgan fingerprint density at radius 3 is 2.15 bits per heavy atom. The molecule has 3 aromatic carbocycles. The molecular weight excluding hydrogens is 422 g/mol. The highest BCUT2D eigenvalue weighted by molar-refractivity contribution is 6.07. The van der Waals surface area contributed by atoms with Crippen molar-refractivity contribution in [3.05, 3.63) is 131 Å². The fraction of sp³-hybridized carbons (Fsp3) is 0.138. The van der Waals surface area contributed by atoms with Crippen LogP contribution in [0.4, 0.5) is 5.69 Å². The van der Waals surface area contributed by atoms with Gasteiger partial charge in [-0.3, -0.25) is 14.6 Å². The summed E-state index contributed by atoms with van der Waals surface area (Å²) in [6.07, 6.45) is 3.69. The number of hydrogen-bond donors (Lipinski definition) is 1. The number of rotatable bonds is 8. The molecule has 0 aliphatic carbocycles. The summed E-state index contributed by atoms with van der Waals surface area (Å²) in [6.45, 7) is 2.87. The van der Waals surface area contributed by atoms with E-state index in [0.29, 0.717) is 18.7 Å². The standard InChI is InChI=1S/C29H27N3O2/c1-22-7-5-6-10-27(22)29(34)32(21-25-8-3-2-4-9-25)26-13-11-23(12-14-26)19-28(33)31-20-24-15-17-30-18-16-24/h2-18H,19-21H2,1H3,(H,31,33). The van der Waals surface area contributed by atoms with Gasteiger partial charge in [0.2, 0.25) is 5.91 Å². The molecule has 0 radical (unpaired) electrons.